The monoisotopic (exact) mass is 267 g/mol. The number of hydrogen-bond donors (Lipinski definition) is 0. The Labute approximate surface area is 119 Å². The molecule has 20 heavy (non-hydrogen) atoms. The van der Waals surface area contributed by atoms with E-state index in [0.717, 1.165) is 12.2 Å². The predicted octanol–water partition coefficient (Wildman–Crippen LogP) is 3.58. The average Bonchev–Trinajstić information content (AvgIpc) is 2.52. The van der Waals surface area contributed by atoms with Crippen molar-refractivity contribution in [3.05, 3.63) is 59.7 Å². The highest BCUT2D eigenvalue weighted by Gasteiger charge is 2.01. The molecule has 0 spiro atoms. The highest BCUT2D eigenvalue weighted by Crippen LogP contribution is 2.18. The van der Waals surface area contributed by atoms with E-state index in [0.29, 0.717) is 24.5 Å². The maximum absolute atomic E-state index is 8.81. The molecule has 0 aromatic heterocycles. The fourth-order valence-electron chi connectivity index (χ4n) is 1.90. The summed E-state index contributed by atoms with van der Waals surface area (Å²) in [6.45, 7) is 3.03. The van der Waals surface area contributed by atoms with Crippen molar-refractivity contribution >= 4 is 0 Å². The SMILES string of the molecule is CCc1ccccc1OCCOc1cccc(C#N)c1. The summed E-state index contributed by atoms with van der Waals surface area (Å²) in [7, 11) is 0. The van der Waals surface area contributed by atoms with Gasteiger partial charge in [0.2, 0.25) is 0 Å². The first-order valence-electron chi connectivity index (χ1n) is 6.67. The summed E-state index contributed by atoms with van der Waals surface area (Å²) in [5, 5.41) is 8.81. The van der Waals surface area contributed by atoms with E-state index in [1.807, 2.05) is 24.3 Å². The topological polar surface area (TPSA) is 42.2 Å². The van der Waals surface area contributed by atoms with Gasteiger partial charge in [0.25, 0.3) is 0 Å². The Kier molecular flexibility index (Phi) is 5.02. The smallest absolute Gasteiger partial charge is 0.122 e. The van der Waals surface area contributed by atoms with Crippen molar-refractivity contribution in [1.82, 2.24) is 0 Å². The molecule has 0 radical (unpaired) electrons. The summed E-state index contributed by atoms with van der Waals surface area (Å²) >= 11 is 0. The first kappa shape index (κ1) is 14.0. The molecule has 0 unspecified atom stereocenters. The minimum absolute atomic E-state index is 0.451. The van der Waals surface area contributed by atoms with Crippen molar-refractivity contribution in [2.24, 2.45) is 0 Å². The van der Waals surface area contributed by atoms with Crippen LogP contribution in [0.25, 0.3) is 0 Å². The summed E-state index contributed by atoms with van der Waals surface area (Å²) in [6.07, 6.45) is 0.946. The maximum atomic E-state index is 8.81. The van der Waals surface area contributed by atoms with E-state index in [4.69, 9.17) is 14.7 Å². The number of benzene rings is 2. The lowest BCUT2D eigenvalue weighted by atomic mass is 10.1. The van der Waals surface area contributed by atoms with Gasteiger partial charge in [-0.1, -0.05) is 31.2 Å². The molecule has 0 saturated heterocycles. The van der Waals surface area contributed by atoms with Gasteiger partial charge in [-0.2, -0.15) is 5.26 Å². The number of rotatable bonds is 6. The summed E-state index contributed by atoms with van der Waals surface area (Å²) in [6, 6.07) is 17.2. The molecule has 0 fully saturated rings. The Morgan fingerprint density at radius 3 is 2.60 bits per heavy atom. The van der Waals surface area contributed by atoms with Gasteiger partial charge in [-0.05, 0) is 36.2 Å². The molecule has 0 atom stereocenters. The zero-order chi connectivity index (χ0) is 14.2. The van der Waals surface area contributed by atoms with E-state index in [2.05, 4.69) is 19.1 Å². The molecule has 0 amide bonds. The van der Waals surface area contributed by atoms with Gasteiger partial charge < -0.3 is 9.47 Å². The molecular formula is C17H17NO2. The van der Waals surface area contributed by atoms with Gasteiger partial charge in [0.1, 0.15) is 24.7 Å². The fraction of sp³-hybridized carbons (Fsp3) is 0.235. The molecule has 2 rings (SSSR count). The van der Waals surface area contributed by atoms with Gasteiger partial charge in [-0.25, -0.2) is 0 Å². The molecule has 0 bridgehead atoms. The fourth-order valence-corrected chi connectivity index (χ4v) is 1.90. The predicted molar refractivity (Wildman–Crippen MR) is 78.0 cm³/mol. The van der Waals surface area contributed by atoms with Crippen LogP contribution in [0, 0.1) is 11.3 Å². The third-order valence-corrected chi connectivity index (χ3v) is 2.93. The van der Waals surface area contributed by atoms with Crippen LogP contribution in [-0.4, -0.2) is 13.2 Å². The van der Waals surface area contributed by atoms with Crippen LogP contribution in [0.3, 0.4) is 0 Å². The Morgan fingerprint density at radius 1 is 1.00 bits per heavy atom. The molecule has 102 valence electrons. The van der Waals surface area contributed by atoms with Crippen LogP contribution in [-0.2, 0) is 6.42 Å². The Hall–Kier alpha value is -2.47. The van der Waals surface area contributed by atoms with Crippen LogP contribution in [0.1, 0.15) is 18.1 Å². The number of para-hydroxylation sites is 1. The van der Waals surface area contributed by atoms with Crippen molar-refractivity contribution in [3.63, 3.8) is 0 Å². The highest BCUT2D eigenvalue weighted by molar-refractivity contribution is 5.36. The second-order valence-corrected chi connectivity index (χ2v) is 4.30. The van der Waals surface area contributed by atoms with Gasteiger partial charge in [0.05, 0.1) is 11.6 Å². The largest absolute Gasteiger partial charge is 0.490 e. The molecule has 3 nitrogen and oxygen atoms in total. The van der Waals surface area contributed by atoms with Gasteiger partial charge >= 0.3 is 0 Å². The van der Waals surface area contributed by atoms with Gasteiger partial charge in [-0.3, -0.25) is 0 Å². The lowest BCUT2D eigenvalue weighted by molar-refractivity contribution is 0.216. The third-order valence-electron chi connectivity index (χ3n) is 2.93. The van der Waals surface area contributed by atoms with E-state index in [-0.39, 0.29) is 0 Å². The average molecular weight is 267 g/mol. The normalized spacial score (nSPS) is 9.80. The lowest BCUT2D eigenvalue weighted by Crippen LogP contribution is -2.09. The minimum Gasteiger partial charge on any atom is -0.490 e. The van der Waals surface area contributed by atoms with Crippen LogP contribution in [0.5, 0.6) is 11.5 Å². The van der Waals surface area contributed by atoms with Crippen molar-refractivity contribution in [2.45, 2.75) is 13.3 Å². The second-order valence-electron chi connectivity index (χ2n) is 4.30. The summed E-state index contributed by atoms with van der Waals surface area (Å²) in [5.41, 5.74) is 1.79. The molecule has 3 heteroatoms. The first-order chi connectivity index (χ1) is 9.83. The first-order valence-corrected chi connectivity index (χ1v) is 6.67. The molecule has 0 aliphatic heterocycles. The van der Waals surface area contributed by atoms with E-state index in [1.54, 1.807) is 18.2 Å². The summed E-state index contributed by atoms with van der Waals surface area (Å²) < 4.78 is 11.3. The van der Waals surface area contributed by atoms with Crippen molar-refractivity contribution < 1.29 is 9.47 Å². The van der Waals surface area contributed by atoms with Crippen LogP contribution >= 0.6 is 0 Å². The second kappa shape index (κ2) is 7.20. The number of nitriles is 1. The van der Waals surface area contributed by atoms with E-state index >= 15 is 0 Å². The molecular weight excluding hydrogens is 250 g/mol. The van der Waals surface area contributed by atoms with E-state index in [1.165, 1.54) is 5.56 Å². The van der Waals surface area contributed by atoms with E-state index < -0.39 is 0 Å². The lowest BCUT2D eigenvalue weighted by Gasteiger charge is -2.11. The van der Waals surface area contributed by atoms with Gasteiger partial charge in [0.15, 0.2) is 0 Å². The standard InChI is InChI=1S/C17H17NO2/c1-2-15-7-3-4-9-17(15)20-11-10-19-16-8-5-6-14(12-16)13-18/h3-9,12H,2,10-11H2,1H3. The molecule has 0 aliphatic rings. The van der Waals surface area contributed by atoms with Gasteiger partial charge in [0, 0.05) is 0 Å². The molecule has 0 heterocycles. The number of aryl methyl sites for hydroxylation is 1. The molecule has 2 aromatic rings. The van der Waals surface area contributed by atoms with Crippen molar-refractivity contribution in [1.29, 1.82) is 5.26 Å². The Bertz CT molecular complexity index is 602. The van der Waals surface area contributed by atoms with Crippen LogP contribution in [0.2, 0.25) is 0 Å². The molecule has 0 aliphatic carbocycles. The summed E-state index contributed by atoms with van der Waals surface area (Å²) in [4.78, 5) is 0. The zero-order valence-electron chi connectivity index (χ0n) is 11.5. The third kappa shape index (κ3) is 3.76. The highest BCUT2D eigenvalue weighted by atomic mass is 16.5. The minimum atomic E-state index is 0.451. The Balaban J connectivity index is 1.83. The summed E-state index contributed by atoms with van der Waals surface area (Å²) in [5.74, 6) is 1.60. The Morgan fingerprint density at radius 2 is 1.80 bits per heavy atom. The van der Waals surface area contributed by atoms with Crippen molar-refractivity contribution in [2.75, 3.05) is 13.2 Å². The van der Waals surface area contributed by atoms with Crippen molar-refractivity contribution in [3.8, 4) is 17.6 Å². The zero-order valence-corrected chi connectivity index (χ0v) is 11.5. The maximum Gasteiger partial charge on any atom is 0.122 e. The van der Waals surface area contributed by atoms with Gasteiger partial charge in [-0.15, -0.1) is 0 Å². The quantitative estimate of drug-likeness (QED) is 0.751. The van der Waals surface area contributed by atoms with E-state index in [9.17, 15) is 0 Å². The molecule has 2 aromatic carbocycles. The molecule has 0 saturated carbocycles. The number of nitrogens with zero attached hydrogens (tertiary/aromatic N) is 1. The van der Waals surface area contributed by atoms with Crippen LogP contribution in [0.15, 0.2) is 48.5 Å². The van der Waals surface area contributed by atoms with Crippen LogP contribution < -0.4 is 9.47 Å². The number of hydrogen-bond acceptors (Lipinski definition) is 3. The number of ether oxygens (including phenoxy) is 2. The van der Waals surface area contributed by atoms with Crippen LogP contribution in [0.4, 0.5) is 0 Å². The molecule has 0 N–H and O–H groups in total.